The summed E-state index contributed by atoms with van der Waals surface area (Å²) in [5, 5.41) is 9.04. The molecule has 3 aliphatic carbocycles. The second-order valence-electron chi connectivity index (χ2n) is 12.6. The Morgan fingerprint density at radius 1 is 0.968 bits per heavy atom. The van der Waals surface area contributed by atoms with Crippen molar-refractivity contribution in [3.63, 3.8) is 0 Å². The highest BCUT2D eigenvalue weighted by Crippen LogP contribution is 2.68. The molecule has 2 fully saturated rings. The summed E-state index contributed by atoms with van der Waals surface area (Å²) in [5.41, 5.74) is 6.03. The first-order chi connectivity index (χ1) is 14.5. The number of allylic oxidation sites excluding steroid dienone is 5. The summed E-state index contributed by atoms with van der Waals surface area (Å²) in [6, 6.07) is 0. The predicted octanol–water partition coefficient (Wildman–Crippen LogP) is 8.65. The Morgan fingerprint density at radius 2 is 1.68 bits per heavy atom. The first-order valence-electron chi connectivity index (χ1n) is 13.1. The van der Waals surface area contributed by atoms with Crippen molar-refractivity contribution in [3.05, 3.63) is 34.9 Å². The fraction of sp³-hybridized carbons (Fsp3) is 0.800. The molecule has 0 spiro atoms. The number of aliphatic hydroxyl groups is 1. The summed E-state index contributed by atoms with van der Waals surface area (Å²) in [6.07, 6.45) is 20.2. The van der Waals surface area contributed by atoms with Crippen molar-refractivity contribution < 1.29 is 5.11 Å². The molecule has 0 amide bonds. The van der Waals surface area contributed by atoms with Gasteiger partial charge in [0.2, 0.25) is 0 Å². The molecule has 5 atom stereocenters. The van der Waals surface area contributed by atoms with Crippen LogP contribution < -0.4 is 0 Å². The van der Waals surface area contributed by atoms with Gasteiger partial charge in [-0.2, -0.15) is 0 Å². The third kappa shape index (κ3) is 4.92. The molecule has 1 N–H and O–H groups in total. The van der Waals surface area contributed by atoms with Crippen LogP contribution in [0.15, 0.2) is 34.9 Å². The van der Waals surface area contributed by atoms with Crippen LogP contribution >= 0.6 is 0 Å². The molecule has 0 radical (unpaired) electrons. The zero-order valence-electron chi connectivity index (χ0n) is 21.7. The molecule has 0 bridgehead atoms. The van der Waals surface area contributed by atoms with Crippen LogP contribution in [0.5, 0.6) is 0 Å². The molecule has 0 aromatic rings. The topological polar surface area (TPSA) is 20.2 Å². The molecule has 0 saturated heterocycles. The third-order valence-electron chi connectivity index (χ3n) is 10.2. The number of hydrogen-bond acceptors (Lipinski definition) is 1. The lowest BCUT2D eigenvalue weighted by molar-refractivity contribution is -0.145. The van der Waals surface area contributed by atoms with Crippen molar-refractivity contribution in [1.29, 1.82) is 0 Å². The molecule has 1 nitrogen and oxygen atoms in total. The van der Waals surface area contributed by atoms with Gasteiger partial charge in [0, 0.05) is 0 Å². The minimum atomic E-state index is 0.165. The van der Waals surface area contributed by atoms with Crippen LogP contribution in [0.25, 0.3) is 0 Å². The first kappa shape index (κ1) is 24.8. The highest BCUT2D eigenvalue weighted by atomic mass is 16.2. The Kier molecular flexibility index (Phi) is 7.67. The maximum atomic E-state index is 9.04. The lowest BCUT2D eigenvalue weighted by Crippen LogP contribution is -2.57. The van der Waals surface area contributed by atoms with Crippen molar-refractivity contribution in [2.24, 2.45) is 34.0 Å². The van der Waals surface area contributed by atoms with Crippen LogP contribution in [0.4, 0.5) is 0 Å². The van der Waals surface area contributed by atoms with Gasteiger partial charge in [-0.3, -0.25) is 0 Å². The van der Waals surface area contributed by atoms with E-state index in [1.54, 1.807) is 11.1 Å². The summed E-state index contributed by atoms with van der Waals surface area (Å²) >= 11 is 0. The minimum absolute atomic E-state index is 0.165. The molecule has 3 aliphatic rings. The third-order valence-corrected chi connectivity index (χ3v) is 10.2. The standard InChI is InChI=1S/C30H50O/c1-22(10-8-11-23(2)17-21-31)12-14-25-24(3)13-15-27-29(25,6)20-16-26-28(4,5)18-9-19-30(26,27)7/h10,13,17,25-27,31H,8-9,11-12,14-16,18-21H2,1-7H3/b22-10+,23-17+/t25-,26+,27+,29+,30+/m0/s1. The maximum absolute atomic E-state index is 9.04. The zero-order chi connectivity index (χ0) is 22.9. The van der Waals surface area contributed by atoms with Crippen molar-refractivity contribution in [2.45, 2.75) is 113 Å². The Morgan fingerprint density at radius 3 is 2.39 bits per heavy atom. The van der Waals surface area contributed by atoms with E-state index >= 15 is 0 Å². The SMILES string of the molecule is CC1=CC[C@H]2[C@]3(C)CCCC(C)(C)[C@H]3CC[C@]2(C)[C@H]1CC/C(C)=C/CC/C(C)=C/CO. The summed E-state index contributed by atoms with van der Waals surface area (Å²) < 4.78 is 0. The van der Waals surface area contributed by atoms with Gasteiger partial charge in [0.05, 0.1) is 6.61 Å². The first-order valence-corrected chi connectivity index (χ1v) is 13.1. The average Bonchev–Trinajstić information content (AvgIpc) is 2.66. The monoisotopic (exact) mass is 426 g/mol. The molecule has 0 aromatic heterocycles. The van der Waals surface area contributed by atoms with Crippen LogP contribution in [0.3, 0.4) is 0 Å². The van der Waals surface area contributed by atoms with Gasteiger partial charge in [0.15, 0.2) is 0 Å². The zero-order valence-corrected chi connectivity index (χ0v) is 21.7. The fourth-order valence-corrected chi connectivity index (χ4v) is 8.44. The van der Waals surface area contributed by atoms with E-state index < -0.39 is 0 Å². The molecular formula is C30H50O. The Balaban J connectivity index is 1.72. The van der Waals surface area contributed by atoms with E-state index in [1.807, 2.05) is 6.08 Å². The number of rotatable bonds is 7. The van der Waals surface area contributed by atoms with Crippen molar-refractivity contribution in [3.8, 4) is 0 Å². The molecule has 0 unspecified atom stereocenters. The molecular weight excluding hydrogens is 376 g/mol. The van der Waals surface area contributed by atoms with E-state index in [-0.39, 0.29) is 6.61 Å². The number of hydrogen-bond donors (Lipinski definition) is 1. The highest BCUT2D eigenvalue weighted by Gasteiger charge is 2.60. The molecule has 0 aromatic carbocycles. The largest absolute Gasteiger partial charge is 0.392 e. The Bertz CT molecular complexity index is 723. The van der Waals surface area contributed by atoms with E-state index in [0.29, 0.717) is 16.2 Å². The Labute approximate surface area is 193 Å². The number of fused-ring (bicyclic) bond motifs is 3. The van der Waals surface area contributed by atoms with Crippen LogP contribution in [-0.2, 0) is 0 Å². The van der Waals surface area contributed by atoms with Crippen LogP contribution in [0.2, 0.25) is 0 Å². The molecule has 0 aliphatic heterocycles. The normalized spacial score (nSPS) is 38.3. The van der Waals surface area contributed by atoms with Crippen LogP contribution in [0.1, 0.15) is 113 Å². The Hall–Kier alpha value is -0.820. The highest BCUT2D eigenvalue weighted by molar-refractivity contribution is 5.21. The number of aliphatic hydroxyl groups excluding tert-OH is 1. The molecule has 176 valence electrons. The fourth-order valence-electron chi connectivity index (χ4n) is 8.44. The van der Waals surface area contributed by atoms with Gasteiger partial charge < -0.3 is 5.11 Å². The quantitative estimate of drug-likeness (QED) is 0.404. The van der Waals surface area contributed by atoms with E-state index in [2.05, 4.69) is 60.6 Å². The smallest absolute Gasteiger partial charge is 0.0614 e. The van der Waals surface area contributed by atoms with Crippen molar-refractivity contribution >= 4 is 0 Å². The summed E-state index contributed by atoms with van der Waals surface area (Å²) in [4.78, 5) is 0. The molecule has 0 heterocycles. The molecule has 2 saturated carbocycles. The molecule has 3 rings (SSSR count). The van der Waals surface area contributed by atoms with Crippen molar-refractivity contribution in [2.75, 3.05) is 6.61 Å². The molecule has 31 heavy (non-hydrogen) atoms. The van der Waals surface area contributed by atoms with E-state index in [9.17, 15) is 0 Å². The van der Waals surface area contributed by atoms with Crippen molar-refractivity contribution in [1.82, 2.24) is 0 Å². The van der Waals surface area contributed by atoms with Gasteiger partial charge in [-0.25, -0.2) is 0 Å². The predicted molar refractivity (Wildman–Crippen MR) is 135 cm³/mol. The van der Waals surface area contributed by atoms with Crippen LogP contribution in [-0.4, -0.2) is 11.7 Å². The summed E-state index contributed by atoms with van der Waals surface area (Å²) in [7, 11) is 0. The van der Waals surface area contributed by atoms with E-state index in [1.165, 1.54) is 56.9 Å². The van der Waals surface area contributed by atoms with Gasteiger partial charge >= 0.3 is 0 Å². The lowest BCUT2D eigenvalue weighted by Gasteiger charge is -2.65. The average molecular weight is 427 g/mol. The van der Waals surface area contributed by atoms with Gasteiger partial charge in [-0.1, -0.05) is 69.1 Å². The summed E-state index contributed by atoms with van der Waals surface area (Å²) in [6.45, 7) is 17.5. The van der Waals surface area contributed by atoms with Gasteiger partial charge in [0.1, 0.15) is 0 Å². The van der Waals surface area contributed by atoms with Gasteiger partial charge in [0.25, 0.3) is 0 Å². The lowest BCUT2D eigenvalue weighted by atomic mass is 9.39. The minimum Gasteiger partial charge on any atom is -0.392 e. The second-order valence-corrected chi connectivity index (χ2v) is 12.6. The van der Waals surface area contributed by atoms with E-state index in [4.69, 9.17) is 5.11 Å². The summed E-state index contributed by atoms with van der Waals surface area (Å²) in [5.74, 6) is 2.49. The van der Waals surface area contributed by atoms with E-state index in [0.717, 1.165) is 30.6 Å². The molecule has 1 heteroatoms. The van der Waals surface area contributed by atoms with Crippen LogP contribution in [0, 0.1) is 34.0 Å². The maximum Gasteiger partial charge on any atom is 0.0614 e. The van der Waals surface area contributed by atoms with Gasteiger partial charge in [-0.15, -0.1) is 0 Å². The second kappa shape index (κ2) is 9.58. The van der Waals surface area contributed by atoms with Gasteiger partial charge in [-0.05, 0) is 113 Å².